The van der Waals surface area contributed by atoms with Gasteiger partial charge in [0, 0.05) is 5.92 Å². The number of halogens is 1. The number of hydrogen-bond acceptors (Lipinski definition) is 4. The Bertz CT molecular complexity index is 692. The Morgan fingerprint density at radius 1 is 1.48 bits per heavy atom. The lowest BCUT2D eigenvalue weighted by atomic mass is 10.2. The molecule has 3 rings (SSSR count). The summed E-state index contributed by atoms with van der Waals surface area (Å²) in [7, 11) is 0. The van der Waals surface area contributed by atoms with Gasteiger partial charge in [-0.15, -0.1) is 5.10 Å². The molecule has 1 aliphatic carbocycles. The van der Waals surface area contributed by atoms with Crippen LogP contribution in [0.15, 0.2) is 18.2 Å². The summed E-state index contributed by atoms with van der Waals surface area (Å²) in [6.45, 7) is 4.07. The van der Waals surface area contributed by atoms with Crippen molar-refractivity contribution < 1.29 is 9.53 Å². The molecule has 0 saturated heterocycles. The van der Waals surface area contributed by atoms with Crippen LogP contribution in [0, 0.1) is 6.92 Å². The third kappa shape index (κ3) is 2.65. The minimum Gasteiger partial charge on any atom is -0.461 e. The molecule has 0 bridgehead atoms. The zero-order chi connectivity index (χ0) is 15.0. The highest BCUT2D eigenvalue weighted by Gasteiger charge is 2.35. The second-order valence-corrected chi connectivity index (χ2v) is 5.59. The Kier molecular flexibility index (Phi) is 3.68. The normalized spacial score (nSPS) is 14.2. The molecule has 0 unspecified atom stereocenters. The molecule has 1 heterocycles. The minimum absolute atomic E-state index is 0.302. The zero-order valence-electron chi connectivity index (χ0n) is 12.0. The fraction of sp³-hybridized carbons (Fsp3) is 0.400. The molecular weight excluding hydrogens is 290 g/mol. The SMILES string of the molecule is CCOC(=O)c1nnn(-c2ccc(C)cc2Cl)c1C1CC1. The van der Waals surface area contributed by atoms with Crippen LogP contribution in [0.1, 0.15) is 47.4 Å². The molecule has 0 spiro atoms. The molecule has 6 heteroatoms. The summed E-state index contributed by atoms with van der Waals surface area (Å²) in [6.07, 6.45) is 2.06. The van der Waals surface area contributed by atoms with Crippen LogP contribution in [0.2, 0.25) is 5.02 Å². The van der Waals surface area contributed by atoms with Crippen molar-refractivity contribution in [1.82, 2.24) is 15.0 Å². The van der Waals surface area contributed by atoms with E-state index >= 15 is 0 Å². The number of aromatic nitrogens is 3. The average Bonchev–Trinajstić information content (AvgIpc) is 3.18. The molecular formula is C15H16ClN3O2. The van der Waals surface area contributed by atoms with Crippen molar-refractivity contribution in [3.8, 4) is 5.69 Å². The summed E-state index contributed by atoms with van der Waals surface area (Å²) < 4.78 is 6.73. The largest absolute Gasteiger partial charge is 0.461 e. The number of carbonyl (C=O) groups excluding carboxylic acids is 1. The van der Waals surface area contributed by atoms with E-state index in [1.807, 2.05) is 25.1 Å². The molecule has 5 nitrogen and oxygen atoms in total. The maximum Gasteiger partial charge on any atom is 0.360 e. The molecule has 0 aliphatic heterocycles. The Morgan fingerprint density at radius 3 is 2.86 bits per heavy atom. The standard InChI is InChI=1S/C15H16ClN3O2/c1-3-21-15(20)13-14(10-5-6-10)19(18-17-13)12-7-4-9(2)8-11(12)16/h4,7-8,10H,3,5-6H2,1-2H3. The fourth-order valence-electron chi connectivity index (χ4n) is 2.32. The van der Waals surface area contributed by atoms with Gasteiger partial charge in [-0.2, -0.15) is 0 Å². The predicted molar refractivity (Wildman–Crippen MR) is 79.0 cm³/mol. The first-order chi connectivity index (χ1) is 10.1. The lowest BCUT2D eigenvalue weighted by Crippen LogP contribution is -2.10. The number of esters is 1. The Balaban J connectivity index is 2.08. The van der Waals surface area contributed by atoms with Crippen LogP contribution >= 0.6 is 11.6 Å². The quantitative estimate of drug-likeness (QED) is 0.813. The maximum absolute atomic E-state index is 12.0. The van der Waals surface area contributed by atoms with E-state index in [1.54, 1.807) is 11.6 Å². The van der Waals surface area contributed by atoms with E-state index in [0.29, 0.717) is 23.2 Å². The van der Waals surface area contributed by atoms with Gasteiger partial charge in [-0.1, -0.05) is 22.9 Å². The van der Waals surface area contributed by atoms with E-state index < -0.39 is 5.97 Å². The first-order valence-electron chi connectivity index (χ1n) is 7.01. The Morgan fingerprint density at radius 2 is 2.24 bits per heavy atom. The van der Waals surface area contributed by atoms with E-state index in [0.717, 1.165) is 29.8 Å². The van der Waals surface area contributed by atoms with E-state index in [-0.39, 0.29) is 0 Å². The molecule has 21 heavy (non-hydrogen) atoms. The second-order valence-electron chi connectivity index (χ2n) is 5.18. The van der Waals surface area contributed by atoms with E-state index in [4.69, 9.17) is 16.3 Å². The van der Waals surface area contributed by atoms with Crippen LogP contribution in [-0.2, 0) is 4.74 Å². The van der Waals surface area contributed by atoms with Crippen molar-refractivity contribution in [2.75, 3.05) is 6.61 Å². The van der Waals surface area contributed by atoms with Crippen LogP contribution < -0.4 is 0 Å². The number of ether oxygens (including phenoxy) is 1. The van der Waals surface area contributed by atoms with Crippen LogP contribution in [0.3, 0.4) is 0 Å². The van der Waals surface area contributed by atoms with Crippen molar-refractivity contribution in [3.63, 3.8) is 0 Å². The molecule has 1 aromatic heterocycles. The molecule has 0 radical (unpaired) electrons. The van der Waals surface area contributed by atoms with Crippen molar-refractivity contribution in [2.45, 2.75) is 32.6 Å². The van der Waals surface area contributed by atoms with Crippen LogP contribution in [0.5, 0.6) is 0 Å². The van der Waals surface area contributed by atoms with Gasteiger partial charge in [0.2, 0.25) is 0 Å². The highest BCUT2D eigenvalue weighted by atomic mass is 35.5. The topological polar surface area (TPSA) is 57.0 Å². The summed E-state index contributed by atoms with van der Waals surface area (Å²) >= 11 is 6.31. The van der Waals surface area contributed by atoms with Crippen LogP contribution in [-0.4, -0.2) is 27.6 Å². The molecule has 2 aromatic rings. The van der Waals surface area contributed by atoms with Crippen molar-refractivity contribution >= 4 is 17.6 Å². The highest BCUT2D eigenvalue weighted by molar-refractivity contribution is 6.32. The lowest BCUT2D eigenvalue weighted by molar-refractivity contribution is 0.0518. The van der Waals surface area contributed by atoms with E-state index in [9.17, 15) is 4.79 Å². The van der Waals surface area contributed by atoms with Gasteiger partial charge >= 0.3 is 5.97 Å². The van der Waals surface area contributed by atoms with Gasteiger partial charge in [-0.05, 0) is 44.4 Å². The smallest absolute Gasteiger partial charge is 0.360 e. The van der Waals surface area contributed by atoms with E-state index in [2.05, 4.69) is 10.3 Å². The average molecular weight is 306 g/mol. The van der Waals surface area contributed by atoms with Gasteiger partial charge in [-0.3, -0.25) is 0 Å². The number of carbonyl (C=O) groups is 1. The third-order valence-corrected chi connectivity index (χ3v) is 3.77. The molecule has 1 saturated carbocycles. The molecule has 0 amide bonds. The molecule has 0 N–H and O–H groups in total. The minimum atomic E-state index is -0.422. The number of benzene rings is 1. The number of rotatable bonds is 4. The summed E-state index contributed by atoms with van der Waals surface area (Å²) in [5.74, 6) is -0.120. The number of hydrogen-bond donors (Lipinski definition) is 0. The maximum atomic E-state index is 12.0. The molecule has 1 aromatic carbocycles. The van der Waals surface area contributed by atoms with Crippen molar-refractivity contribution in [2.24, 2.45) is 0 Å². The molecule has 110 valence electrons. The van der Waals surface area contributed by atoms with Gasteiger partial charge in [0.1, 0.15) is 0 Å². The summed E-state index contributed by atoms with van der Waals surface area (Å²) in [4.78, 5) is 12.0. The first kappa shape index (κ1) is 14.1. The van der Waals surface area contributed by atoms with Crippen LogP contribution in [0.25, 0.3) is 5.69 Å². The number of aryl methyl sites for hydroxylation is 1. The zero-order valence-corrected chi connectivity index (χ0v) is 12.7. The summed E-state index contributed by atoms with van der Waals surface area (Å²) in [5, 5.41) is 8.73. The van der Waals surface area contributed by atoms with Crippen molar-refractivity contribution in [3.05, 3.63) is 40.2 Å². The fourth-order valence-corrected chi connectivity index (χ4v) is 2.63. The number of nitrogens with zero attached hydrogens (tertiary/aromatic N) is 3. The van der Waals surface area contributed by atoms with Crippen molar-refractivity contribution in [1.29, 1.82) is 0 Å². The molecule has 0 atom stereocenters. The van der Waals surface area contributed by atoms with Crippen LogP contribution in [0.4, 0.5) is 0 Å². The lowest BCUT2D eigenvalue weighted by Gasteiger charge is -2.09. The second kappa shape index (κ2) is 5.48. The summed E-state index contributed by atoms with van der Waals surface area (Å²) in [5.41, 5.74) is 2.92. The predicted octanol–water partition coefficient (Wildman–Crippen LogP) is 3.28. The monoisotopic (exact) mass is 305 g/mol. The first-order valence-corrected chi connectivity index (χ1v) is 7.39. The van der Waals surface area contributed by atoms with Gasteiger partial charge in [0.15, 0.2) is 5.69 Å². The molecule has 1 fully saturated rings. The highest BCUT2D eigenvalue weighted by Crippen LogP contribution is 2.42. The van der Waals surface area contributed by atoms with Gasteiger partial charge in [0.05, 0.1) is 23.0 Å². The van der Waals surface area contributed by atoms with Gasteiger partial charge < -0.3 is 4.74 Å². The van der Waals surface area contributed by atoms with Gasteiger partial charge in [0.25, 0.3) is 0 Å². The van der Waals surface area contributed by atoms with Gasteiger partial charge in [-0.25, -0.2) is 9.48 Å². The van der Waals surface area contributed by atoms with E-state index in [1.165, 1.54) is 0 Å². The summed E-state index contributed by atoms with van der Waals surface area (Å²) in [6, 6.07) is 5.73. The molecule has 1 aliphatic rings. The Hall–Kier alpha value is -1.88. The Labute approximate surface area is 127 Å². The third-order valence-electron chi connectivity index (χ3n) is 3.47.